The first-order chi connectivity index (χ1) is 15.0. The molecule has 1 aromatic heterocycles. The summed E-state index contributed by atoms with van der Waals surface area (Å²) in [6.45, 7) is 6.96. The van der Waals surface area contributed by atoms with Gasteiger partial charge in [-0.15, -0.1) is 11.3 Å². The molecule has 166 valence electrons. The van der Waals surface area contributed by atoms with E-state index in [1.807, 2.05) is 19.1 Å². The first-order valence-corrected chi connectivity index (χ1v) is 12.4. The van der Waals surface area contributed by atoms with Crippen molar-refractivity contribution in [2.75, 3.05) is 6.61 Å². The molecule has 0 saturated heterocycles. The summed E-state index contributed by atoms with van der Waals surface area (Å²) in [7, 11) is 0. The van der Waals surface area contributed by atoms with Crippen LogP contribution in [0.4, 0.5) is 0 Å². The van der Waals surface area contributed by atoms with Gasteiger partial charge < -0.3 is 9.84 Å². The highest BCUT2D eigenvalue weighted by molar-refractivity contribution is 7.11. The summed E-state index contributed by atoms with van der Waals surface area (Å²) in [5.74, 6) is 0.723. The van der Waals surface area contributed by atoms with Gasteiger partial charge in [0, 0.05) is 22.1 Å². The maximum Gasteiger partial charge on any atom is 0.328 e. The molecule has 1 saturated carbocycles. The number of benzene rings is 1. The topological polar surface area (TPSA) is 46.5 Å². The van der Waals surface area contributed by atoms with E-state index in [4.69, 9.17) is 9.84 Å². The average molecular weight is 439 g/mol. The largest absolute Gasteiger partial charge is 0.493 e. The van der Waals surface area contributed by atoms with Gasteiger partial charge in [-0.3, -0.25) is 0 Å². The highest BCUT2D eigenvalue weighted by Crippen LogP contribution is 2.45. The van der Waals surface area contributed by atoms with E-state index in [9.17, 15) is 4.79 Å². The van der Waals surface area contributed by atoms with Crippen LogP contribution in [0.3, 0.4) is 0 Å². The van der Waals surface area contributed by atoms with Crippen molar-refractivity contribution in [3.63, 3.8) is 0 Å². The molecule has 4 heteroatoms. The average Bonchev–Trinajstić information content (AvgIpc) is 3.44. The number of carboxylic acid groups (broad SMARTS) is 1. The normalized spacial score (nSPS) is 15.1. The molecule has 1 heterocycles. The van der Waals surface area contributed by atoms with Crippen LogP contribution in [0.1, 0.15) is 81.2 Å². The standard InChI is InChI=1S/C27H34O3S/c1-4-6-14-30-27-23(21-9-7-8-10-21)17-20(5-2)18-24(27)22-13-15-31-25(22)12-11-19(3)16-26(28)29/h11-13,15-18,21H,4-10,14H2,1-3H3,(H,28,29). The van der Waals surface area contributed by atoms with Crippen LogP contribution in [0.15, 0.2) is 41.3 Å². The third-order valence-electron chi connectivity index (χ3n) is 5.96. The molecule has 0 atom stereocenters. The first kappa shape index (κ1) is 23.3. The molecule has 1 aliphatic carbocycles. The lowest BCUT2D eigenvalue weighted by atomic mass is 9.89. The molecule has 1 aliphatic rings. The molecule has 0 aliphatic heterocycles. The summed E-state index contributed by atoms with van der Waals surface area (Å²) in [6.07, 6.45) is 13.4. The highest BCUT2D eigenvalue weighted by atomic mass is 32.1. The van der Waals surface area contributed by atoms with Gasteiger partial charge in [0.15, 0.2) is 0 Å². The van der Waals surface area contributed by atoms with E-state index in [0.29, 0.717) is 5.92 Å². The molecule has 0 bridgehead atoms. The van der Waals surface area contributed by atoms with Gasteiger partial charge in [0.05, 0.1) is 6.61 Å². The summed E-state index contributed by atoms with van der Waals surface area (Å²) in [4.78, 5) is 12.1. The minimum atomic E-state index is -0.919. The van der Waals surface area contributed by atoms with Crippen molar-refractivity contribution in [1.29, 1.82) is 0 Å². The predicted molar refractivity (Wildman–Crippen MR) is 131 cm³/mol. The number of thiophene rings is 1. The third-order valence-corrected chi connectivity index (χ3v) is 6.84. The van der Waals surface area contributed by atoms with Crippen LogP contribution in [0.5, 0.6) is 5.75 Å². The van der Waals surface area contributed by atoms with Gasteiger partial charge in [0.2, 0.25) is 0 Å². The van der Waals surface area contributed by atoms with Crippen molar-refractivity contribution in [2.45, 2.75) is 71.6 Å². The lowest BCUT2D eigenvalue weighted by Crippen LogP contribution is -2.05. The first-order valence-electron chi connectivity index (χ1n) is 11.5. The number of hydrogen-bond acceptors (Lipinski definition) is 3. The minimum absolute atomic E-state index is 0.584. The number of hydrogen-bond donors (Lipinski definition) is 1. The Kier molecular flexibility index (Phi) is 8.53. The van der Waals surface area contributed by atoms with Crippen molar-refractivity contribution in [1.82, 2.24) is 0 Å². The van der Waals surface area contributed by atoms with Crippen molar-refractivity contribution >= 4 is 23.4 Å². The molecule has 1 aromatic carbocycles. The Hall–Kier alpha value is -2.33. The number of aryl methyl sites for hydroxylation is 1. The van der Waals surface area contributed by atoms with E-state index in [1.165, 1.54) is 54.0 Å². The van der Waals surface area contributed by atoms with E-state index in [0.717, 1.165) is 42.1 Å². The summed E-state index contributed by atoms with van der Waals surface area (Å²) in [5, 5.41) is 11.1. The fourth-order valence-corrected chi connectivity index (χ4v) is 5.06. The van der Waals surface area contributed by atoms with Crippen LogP contribution < -0.4 is 4.74 Å². The third kappa shape index (κ3) is 6.10. The monoisotopic (exact) mass is 438 g/mol. The summed E-state index contributed by atoms with van der Waals surface area (Å²) in [6, 6.07) is 6.84. The lowest BCUT2D eigenvalue weighted by Gasteiger charge is -2.21. The fourth-order valence-electron chi connectivity index (χ4n) is 4.26. The van der Waals surface area contributed by atoms with Crippen molar-refractivity contribution < 1.29 is 14.6 Å². The van der Waals surface area contributed by atoms with Crippen LogP contribution in [0.25, 0.3) is 17.2 Å². The molecule has 3 nitrogen and oxygen atoms in total. The summed E-state index contributed by atoms with van der Waals surface area (Å²) < 4.78 is 6.47. The van der Waals surface area contributed by atoms with E-state index in [1.54, 1.807) is 11.3 Å². The predicted octanol–water partition coefficient (Wildman–Crippen LogP) is 7.86. The van der Waals surface area contributed by atoms with Gasteiger partial charge in [-0.2, -0.15) is 0 Å². The Bertz CT molecular complexity index is 945. The molecule has 0 amide bonds. The SMILES string of the molecule is CCCCOc1c(-c2ccsc2C=CC(C)=CC(=O)O)cc(CC)cc1C1CCCC1. The van der Waals surface area contributed by atoms with Gasteiger partial charge in [-0.1, -0.05) is 45.3 Å². The molecule has 1 N–H and O–H groups in total. The van der Waals surface area contributed by atoms with Crippen LogP contribution in [0, 0.1) is 0 Å². The van der Waals surface area contributed by atoms with Gasteiger partial charge in [-0.05, 0) is 78.8 Å². The fraction of sp³-hybridized carbons (Fsp3) is 0.444. The summed E-state index contributed by atoms with van der Waals surface area (Å²) in [5.41, 5.74) is 5.80. The Morgan fingerprint density at radius 3 is 2.68 bits per heavy atom. The Balaban J connectivity index is 2.07. The molecule has 1 fully saturated rings. The molecule has 3 rings (SSSR count). The molecule has 2 aromatic rings. The maximum atomic E-state index is 10.9. The molecule has 0 radical (unpaired) electrons. The van der Waals surface area contributed by atoms with Crippen molar-refractivity contribution in [2.24, 2.45) is 0 Å². The van der Waals surface area contributed by atoms with Crippen LogP contribution in [-0.4, -0.2) is 17.7 Å². The lowest BCUT2D eigenvalue weighted by molar-refractivity contribution is -0.131. The smallest absolute Gasteiger partial charge is 0.328 e. The van der Waals surface area contributed by atoms with Crippen molar-refractivity contribution in [3.05, 3.63) is 57.3 Å². The minimum Gasteiger partial charge on any atom is -0.493 e. The zero-order valence-electron chi connectivity index (χ0n) is 18.9. The number of ether oxygens (including phenoxy) is 1. The second-order valence-electron chi connectivity index (χ2n) is 8.36. The van der Waals surface area contributed by atoms with Crippen LogP contribution >= 0.6 is 11.3 Å². The van der Waals surface area contributed by atoms with E-state index < -0.39 is 5.97 Å². The van der Waals surface area contributed by atoms with E-state index >= 15 is 0 Å². The highest BCUT2D eigenvalue weighted by Gasteiger charge is 2.24. The number of aliphatic carboxylic acids is 1. The van der Waals surface area contributed by atoms with Gasteiger partial charge in [0.25, 0.3) is 0 Å². The summed E-state index contributed by atoms with van der Waals surface area (Å²) >= 11 is 1.68. The Morgan fingerprint density at radius 1 is 1.23 bits per heavy atom. The molecule has 0 unspecified atom stereocenters. The Morgan fingerprint density at radius 2 is 2.00 bits per heavy atom. The Labute approximate surface area is 190 Å². The van der Waals surface area contributed by atoms with E-state index in [-0.39, 0.29) is 0 Å². The number of rotatable bonds is 10. The second-order valence-corrected chi connectivity index (χ2v) is 9.30. The zero-order valence-corrected chi connectivity index (χ0v) is 19.8. The molecule has 0 spiro atoms. The second kappa shape index (κ2) is 11.3. The zero-order chi connectivity index (χ0) is 22.2. The van der Waals surface area contributed by atoms with Gasteiger partial charge in [0.1, 0.15) is 5.75 Å². The molecular weight excluding hydrogens is 404 g/mol. The van der Waals surface area contributed by atoms with Crippen LogP contribution in [-0.2, 0) is 11.2 Å². The quantitative estimate of drug-likeness (QED) is 0.233. The number of unbranched alkanes of at least 4 members (excludes halogenated alkanes) is 1. The van der Waals surface area contributed by atoms with Crippen LogP contribution in [0.2, 0.25) is 0 Å². The number of allylic oxidation sites excluding steroid dienone is 2. The van der Waals surface area contributed by atoms with Gasteiger partial charge >= 0.3 is 5.97 Å². The molecular formula is C27H34O3S. The molecule has 31 heavy (non-hydrogen) atoms. The van der Waals surface area contributed by atoms with Crippen molar-refractivity contribution in [3.8, 4) is 16.9 Å². The maximum absolute atomic E-state index is 10.9. The number of carbonyl (C=O) groups is 1. The number of carboxylic acids is 1. The van der Waals surface area contributed by atoms with Gasteiger partial charge in [-0.25, -0.2) is 4.79 Å². The van der Waals surface area contributed by atoms with E-state index in [2.05, 4.69) is 37.4 Å².